The maximum atomic E-state index is 14.6. The van der Waals surface area contributed by atoms with Gasteiger partial charge in [0.2, 0.25) is 5.88 Å². The molecule has 0 unspecified atom stereocenters. The molecule has 0 aliphatic heterocycles. The van der Waals surface area contributed by atoms with Crippen LogP contribution in [0.25, 0.3) is 5.82 Å². The highest BCUT2D eigenvalue weighted by molar-refractivity contribution is 6.31. The molecule has 0 saturated heterocycles. The molecular weight excluding hydrogens is 509 g/mol. The van der Waals surface area contributed by atoms with Crippen molar-refractivity contribution >= 4 is 11.6 Å². The van der Waals surface area contributed by atoms with Crippen molar-refractivity contribution in [3.8, 4) is 23.2 Å². The van der Waals surface area contributed by atoms with Crippen molar-refractivity contribution < 1.29 is 36.0 Å². The molecule has 0 aliphatic rings. The van der Waals surface area contributed by atoms with Crippen molar-refractivity contribution in [1.29, 1.82) is 0 Å². The van der Waals surface area contributed by atoms with Gasteiger partial charge in [0, 0.05) is 0 Å². The average molecular weight is 525 g/mol. The predicted molar refractivity (Wildman–Crippen MR) is 118 cm³/mol. The van der Waals surface area contributed by atoms with E-state index < -0.39 is 45.6 Å². The molecule has 36 heavy (non-hydrogen) atoms. The van der Waals surface area contributed by atoms with E-state index in [1.54, 1.807) is 35.2 Å². The Morgan fingerprint density at radius 3 is 2.33 bits per heavy atom. The highest BCUT2D eigenvalue weighted by Gasteiger charge is 2.33. The summed E-state index contributed by atoms with van der Waals surface area (Å²) in [7, 11) is 1.52. The molecule has 4 rings (SSSR count). The lowest BCUT2D eigenvalue weighted by Crippen LogP contribution is -2.38. The molecule has 0 amide bonds. The van der Waals surface area contributed by atoms with Crippen LogP contribution >= 0.6 is 11.6 Å². The number of hydrogen-bond donors (Lipinski definition) is 0. The van der Waals surface area contributed by atoms with Crippen LogP contribution in [0.5, 0.6) is 17.4 Å². The predicted octanol–water partition coefficient (Wildman–Crippen LogP) is 5.38. The lowest BCUT2D eigenvalue weighted by molar-refractivity contribution is -0.601. The summed E-state index contributed by atoms with van der Waals surface area (Å²) in [5.41, 5.74) is -1.79. The number of nitrogens with zero attached hydrogens (tertiary/aromatic N) is 3. The van der Waals surface area contributed by atoms with Gasteiger partial charge in [-0.15, -0.1) is 4.98 Å². The lowest BCUT2D eigenvalue weighted by atomic mass is 10.2. The maximum Gasteiger partial charge on any atom is 0.438 e. The number of halogens is 6. The molecule has 0 saturated carbocycles. The van der Waals surface area contributed by atoms with Gasteiger partial charge in [-0.3, -0.25) is 0 Å². The SMILES string of the molecule is Cn1c(-[n+]2ccccc2)cc(OCc2cc(F)c(Oc3ccc(Cl)c(C(F)(F)F)c3)c(F)c2)nc1=O. The molecule has 2 aromatic heterocycles. The second kappa shape index (κ2) is 9.94. The van der Waals surface area contributed by atoms with Crippen LogP contribution in [-0.4, -0.2) is 9.55 Å². The minimum atomic E-state index is -4.78. The minimum Gasteiger partial charge on any atom is -0.472 e. The third kappa shape index (κ3) is 5.46. The molecule has 2 heterocycles. The molecule has 0 N–H and O–H groups in total. The maximum absolute atomic E-state index is 14.6. The van der Waals surface area contributed by atoms with Gasteiger partial charge in [0.15, 0.2) is 17.4 Å². The molecule has 0 radical (unpaired) electrons. The quantitative estimate of drug-likeness (QED) is 0.251. The second-order valence-electron chi connectivity index (χ2n) is 7.50. The Balaban J connectivity index is 1.54. The number of benzene rings is 2. The van der Waals surface area contributed by atoms with Crippen LogP contribution in [0.15, 0.2) is 71.8 Å². The van der Waals surface area contributed by atoms with E-state index in [2.05, 4.69) is 4.98 Å². The third-order valence-electron chi connectivity index (χ3n) is 4.98. The molecule has 0 atom stereocenters. The van der Waals surface area contributed by atoms with E-state index in [0.29, 0.717) is 11.9 Å². The Kier molecular flexibility index (Phi) is 6.93. The molecular formula is C24H16ClF5N3O3+. The van der Waals surface area contributed by atoms with Gasteiger partial charge >= 0.3 is 11.9 Å². The first-order valence-electron chi connectivity index (χ1n) is 10.2. The molecule has 4 aromatic rings. The van der Waals surface area contributed by atoms with Crippen LogP contribution in [0.1, 0.15) is 11.1 Å². The van der Waals surface area contributed by atoms with Crippen molar-refractivity contribution in [3.63, 3.8) is 0 Å². The molecule has 186 valence electrons. The number of rotatable bonds is 6. The van der Waals surface area contributed by atoms with E-state index in [1.807, 2.05) is 0 Å². The van der Waals surface area contributed by atoms with Crippen LogP contribution in [0.3, 0.4) is 0 Å². The molecule has 0 fully saturated rings. The van der Waals surface area contributed by atoms with E-state index in [1.165, 1.54) is 17.7 Å². The zero-order valence-corrected chi connectivity index (χ0v) is 19.1. The lowest BCUT2D eigenvalue weighted by Gasteiger charge is -2.13. The number of pyridine rings is 1. The largest absolute Gasteiger partial charge is 0.472 e. The summed E-state index contributed by atoms with van der Waals surface area (Å²) in [6.07, 6.45) is -1.36. The highest BCUT2D eigenvalue weighted by Crippen LogP contribution is 2.38. The topological polar surface area (TPSA) is 57.2 Å². The molecule has 0 bridgehead atoms. The van der Waals surface area contributed by atoms with Gasteiger partial charge in [-0.05, 0) is 48.0 Å². The van der Waals surface area contributed by atoms with Crippen LogP contribution in [0.2, 0.25) is 5.02 Å². The number of alkyl halides is 3. The van der Waals surface area contributed by atoms with Crippen molar-refractivity contribution in [1.82, 2.24) is 9.55 Å². The van der Waals surface area contributed by atoms with Crippen LogP contribution in [-0.2, 0) is 19.8 Å². The van der Waals surface area contributed by atoms with Crippen molar-refractivity contribution in [3.05, 3.63) is 105 Å². The van der Waals surface area contributed by atoms with Gasteiger partial charge in [0.05, 0.1) is 36.1 Å². The zero-order valence-electron chi connectivity index (χ0n) is 18.4. The Labute approximate surface area is 205 Å². The molecule has 0 spiro atoms. The third-order valence-corrected chi connectivity index (χ3v) is 5.31. The molecule has 6 nitrogen and oxygen atoms in total. The van der Waals surface area contributed by atoms with Crippen LogP contribution < -0.4 is 19.7 Å². The fourth-order valence-electron chi connectivity index (χ4n) is 3.23. The monoisotopic (exact) mass is 524 g/mol. The van der Waals surface area contributed by atoms with E-state index in [0.717, 1.165) is 24.3 Å². The zero-order chi connectivity index (χ0) is 26.0. The number of aromatic nitrogens is 3. The van der Waals surface area contributed by atoms with Gasteiger partial charge < -0.3 is 9.47 Å². The van der Waals surface area contributed by atoms with Gasteiger partial charge in [-0.25, -0.2) is 18.1 Å². The molecule has 2 aromatic carbocycles. The van der Waals surface area contributed by atoms with E-state index in [-0.39, 0.29) is 18.1 Å². The normalized spacial score (nSPS) is 11.4. The summed E-state index contributed by atoms with van der Waals surface area (Å²) in [6, 6.07) is 11.1. The van der Waals surface area contributed by atoms with Gasteiger partial charge in [-0.1, -0.05) is 17.7 Å². The second-order valence-corrected chi connectivity index (χ2v) is 7.90. The smallest absolute Gasteiger partial charge is 0.438 e. The summed E-state index contributed by atoms with van der Waals surface area (Å²) in [4.78, 5) is 16.0. The summed E-state index contributed by atoms with van der Waals surface area (Å²) >= 11 is 5.55. The first-order chi connectivity index (χ1) is 17.0. The van der Waals surface area contributed by atoms with Gasteiger partial charge in [-0.2, -0.15) is 17.7 Å². The summed E-state index contributed by atoms with van der Waals surface area (Å²) in [5, 5.41) is -0.582. The van der Waals surface area contributed by atoms with Gasteiger partial charge in [0.25, 0.3) is 5.82 Å². The average Bonchev–Trinajstić information content (AvgIpc) is 2.83. The minimum absolute atomic E-state index is 0.0285. The van der Waals surface area contributed by atoms with E-state index >= 15 is 0 Å². The Hall–Kier alpha value is -3.99. The van der Waals surface area contributed by atoms with Crippen LogP contribution in [0, 0.1) is 11.6 Å². The standard InChI is InChI=1S/C24H16ClF5N3O3/c1-32-21(33-7-3-2-4-8-33)12-20(31-23(32)34)35-13-14-9-18(26)22(19(27)10-14)36-15-5-6-17(25)16(11-15)24(28,29)30/h2-12H,13H2,1H3/q+1. The fourth-order valence-corrected chi connectivity index (χ4v) is 3.46. The summed E-state index contributed by atoms with van der Waals surface area (Å²) in [6.45, 7) is -0.355. The summed E-state index contributed by atoms with van der Waals surface area (Å²) < 4.78 is 81.8. The van der Waals surface area contributed by atoms with E-state index in [9.17, 15) is 26.7 Å². The van der Waals surface area contributed by atoms with E-state index in [4.69, 9.17) is 21.1 Å². The van der Waals surface area contributed by atoms with Crippen molar-refractivity contribution in [2.24, 2.45) is 7.05 Å². The Morgan fingerprint density at radius 2 is 1.69 bits per heavy atom. The first kappa shape index (κ1) is 25.1. The van der Waals surface area contributed by atoms with Gasteiger partial charge in [0.1, 0.15) is 12.4 Å². The number of hydrogen-bond acceptors (Lipinski definition) is 4. The first-order valence-corrected chi connectivity index (χ1v) is 10.6. The van der Waals surface area contributed by atoms with Crippen molar-refractivity contribution in [2.75, 3.05) is 0 Å². The van der Waals surface area contributed by atoms with Crippen LogP contribution in [0.4, 0.5) is 22.0 Å². The number of ether oxygens (including phenoxy) is 2. The molecule has 0 aliphatic carbocycles. The highest BCUT2D eigenvalue weighted by atomic mass is 35.5. The Morgan fingerprint density at radius 1 is 1.03 bits per heavy atom. The molecule has 12 heteroatoms. The van der Waals surface area contributed by atoms with Crippen molar-refractivity contribution in [2.45, 2.75) is 12.8 Å². The fraction of sp³-hybridized carbons (Fsp3) is 0.125. The summed E-state index contributed by atoms with van der Waals surface area (Å²) in [5.74, 6) is -3.34. The Bertz CT molecular complexity index is 1450.